The number of halogens is 2. The molecule has 0 aliphatic carbocycles. The minimum absolute atomic E-state index is 0.0225. The van der Waals surface area contributed by atoms with Crippen LogP contribution in [0.1, 0.15) is 52.4 Å². The molecule has 0 bridgehead atoms. The first kappa shape index (κ1) is 22.5. The average molecular weight is 525 g/mol. The van der Waals surface area contributed by atoms with Crippen LogP contribution in [-0.4, -0.2) is 52.9 Å². The maximum atomic E-state index is 12.3. The summed E-state index contributed by atoms with van der Waals surface area (Å²) in [5.74, 6) is 0.308. The second-order valence-electron chi connectivity index (χ2n) is 8.10. The highest BCUT2D eigenvalue weighted by molar-refractivity contribution is 14.1. The molecule has 3 fully saturated rings. The Hall–Kier alpha value is -0.150. The molecule has 0 amide bonds. The number of hydrogen-bond acceptors (Lipinski definition) is 5. The lowest BCUT2D eigenvalue weighted by atomic mass is 9.83. The Balaban J connectivity index is 1.61. The molecule has 0 aromatic rings. The Morgan fingerprint density at radius 2 is 2.11 bits per heavy atom. The highest BCUT2D eigenvalue weighted by Crippen LogP contribution is 2.43. The lowest BCUT2D eigenvalue weighted by Crippen LogP contribution is -2.57. The third-order valence-corrected chi connectivity index (χ3v) is 6.77. The molecule has 3 aliphatic rings. The number of carbonyl (C=O) groups is 1. The second-order valence-corrected chi connectivity index (χ2v) is 10.2. The SMILES string of the molecule is C=C(I)C[C@H](Cl)CCC(=O)/C=C1\O[C@@H]2C(O[C@H]3CC[C@H](CC)O[C@@H]3[C@@H]2C)[C@H]1O. The van der Waals surface area contributed by atoms with Gasteiger partial charge in [-0.25, -0.2) is 0 Å². The number of hydrogen-bond donors (Lipinski definition) is 1. The second kappa shape index (κ2) is 9.77. The fraction of sp³-hybridized carbons (Fsp3) is 0.762. The zero-order chi connectivity index (χ0) is 20.4. The number of aliphatic hydroxyl groups is 1. The topological polar surface area (TPSA) is 65.0 Å². The summed E-state index contributed by atoms with van der Waals surface area (Å²) >= 11 is 8.37. The van der Waals surface area contributed by atoms with Crippen molar-refractivity contribution < 1.29 is 24.1 Å². The van der Waals surface area contributed by atoms with Gasteiger partial charge in [-0.05, 0) is 58.3 Å². The smallest absolute Gasteiger partial charge is 0.159 e. The number of alkyl halides is 1. The predicted octanol–water partition coefficient (Wildman–Crippen LogP) is 4.29. The Morgan fingerprint density at radius 1 is 1.36 bits per heavy atom. The highest BCUT2D eigenvalue weighted by Gasteiger charge is 2.54. The van der Waals surface area contributed by atoms with Crippen molar-refractivity contribution in [3.8, 4) is 0 Å². The van der Waals surface area contributed by atoms with E-state index in [-0.39, 0.29) is 41.5 Å². The molecule has 0 aromatic carbocycles. The first-order chi connectivity index (χ1) is 13.3. The van der Waals surface area contributed by atoms with Crippen molar-refractivity contribution in [2.75, 3.05) is 0 Å². The van der Waals surface area contributed by atoms with Crippen molar-refractivity contribution in [1.82, 2.24) is 0 Å². The van der Waals surface area contributed by atoms with Crippen molar-refractivity contribution in [2.24, 2.45) is 5.92 Å². The molecular weight excluding hydrogens is 495 g/mol. The summed E-state index contributed by atoms with van der Waals surface area (Å²) < 4.78 is 19.3. The van der Waals surface area contributed by atoms with Crippen LogP contribution in [0.15, 0.2) is 22.0 Å². The van der Waals surface area contributed by atoms with Gasteiger partial charge in [-0.15, -0.1) is 11.6 Å². The number of carbonyl (C=O) groups excluding carboxylic acids is 1. The van der Waals surface area contributed by atoms with Gasteiger partial charge in [0.25, 0.3) is 0 Å². The largest absolute Gasteiger partial charge is 0.489 e. The van der Waals surface area contributed by atoms with E-state index in [0.29, 0.717) is 25.0 Å². The molecule has 28 heavy (non-hydrogen) atoms. The van der Waals surface area contributed by atoms with Gasteiger partial charge >= 0.3 is 0 Å². The first-order valence-electron chi connectivity index (χ1n) is 10.2. The number of aliphatic hydroxyl groups excluding tert-OH is 1. The molecule has 0 spiro atoms. The van der Waals surface area contributed by atoms with Crippen LogP contribution in [0.2, 0.25) is 0 Å². The number of ketones is 1. The van der Waals surface area contributed by atoms with Gasteiger partial charge in [-0.3, -0.25) is 4.79 Å². The number of rotatable bonds is 7. The molecule has 3 rings (SSSR count). The van der Waals surface area contributed by atoms with E-state index in [1.807, 2.05) is 0 Å². The van der Waals surface area contributed by atoms with Gasteiger partial charge in [0.2, 0.25) is 0 Å². The summed E-state index contributed by atoms with van der Waals surface area (Å²) in [6, 6.07) is 0. The molecule has 5 nitrogen and oxygen atoms in total. The fourth-order valence-electron chi connectivity index (χ4n) is 4.37. The number of ether oxygens (including phenoxy) is 3. The molecule has 3 saturated heterocycles. The molecule has 7 heteroatoms. The van der Waals surface area contributed by atoms with Crippen LogP contribution in [0.5, 0.6) is 0 Å². The normalized spacial score (nSPS) is 39.8. The van der Waals surface area contributed by atoms with Crippen LogP contribution < -0.4 is 0 Å². The van der Waals surface area contributed by atoms with E-state index in [1.54, 1.807) is 0 Å². The van der Waals surface area contributed by atoms with Crippen LogP contribution in [0.4, 0.5) is 0 Å². The van der Waals surface area contributed by atoms with Gasteiger partial charge in [0.05, 0.1) is 18.3 Å². The summed E-state index contributed by atoms with van der Waals surface area (Å²) in [5, 5.41) is 10.6. The lowest BCUT2D eigenvalue weighted by molar-refractivity contribution is -0.238. The minimum atomic E-state index is -0.915. The predicted molar refractivity (Wildman–Crippen MR) is 117 cm³/mol. The van der Waals surface area contributed by atoms with Crippen LogP contribution in [-0.2, 0) is 19.0 Å². The van der Waals surface area contributed by atoms with Gasteiger partial charge in [0.15, 0.2) is 5.78 Å². The third kappa shape index (κ3) is 5.12. The van der Waals surface area contributed by atoms with Crippen LogP contribution in [0.25, 0.3) is 0 Å². The molecule has 0 radical (unpaired) electrons. The van der Waals surface area contributed by atoms with Gasteiger partial charge in [0.1, 0.15) is 24.1 Å². The standard InChI is InChI=1S/C21H30ClIO5/c1-4-15-7-8-16-19(26-15)12(3)20-21(27-16)18(25)17(28-20)10-14(24)6-5-13(22)9-11(2)23/h10,12-13,15-16,18-21,25H,2,4-9H2,1,3H3/b17-10-/t12-,13+,15-,16-,18-,19+,20-,21?/m0/s1. The Bertz CT molecular complexity index is 624. The Morgan fingerprint density at radius 3 is 2.79 bits per heavy atom. The summed E-state index contributed by atoms with van der Waals surface area (Å²) in [7, 11) is 0. The minimum Gasteiger partial charge on any atom is -0.489 e. The maximum absolute atomic E-state index is 12.3. The lowest BCUT2D eigenvalue weighted by Gasteiger charge is -2.46. The molecule has 8 atom stereocenters. The highest BCUT2D eigenvalue weighted by atomic mass is 127. The third-order valence-electron chi connectivity index (χ3n) is 5.96. The van der Waals surface area contributed by atoms with E-state index in [1.165, 1.54) is 6.08 Å². The number of fused-ring (bicyclic) bond motifs is 2. The van der Waals surface area contributed by atoms with E-state index in [0.717, 1.165) is 22.8 Å². The molecule has 0 aromatic heterocycles. The zero-order valence-corrected chi connectivity index (χ0v) is 19.4. The van der Waals surface area contributed by atoms with Crippen molar-refractivity contribution in [1.29, 1.82) is 0 Å². The first-order valence-corrected chi connectivity index (χ1v) is 11.7. The van der Waals surface area contributed by atoms with Crippen LogP contribution in [0, 0.1) is 5.92 Å². The molecule has 1 unspecified atom stereocenters. The van der Waals surface area contributed by atoms with Gasteiger partial charge in [-0.2, -0.15) is 0 Å². The van der Waals surface area contributed by atoms with Gasteiger partial charge in [0, 0.05) is 23.8 Å². The molecular formula is C21H30ClIO5. The summed E-state index contributed by atoms with van der Waals surface area (Å²) in [6.45, 7) is 8.05. The van der Waals surface area contributed by atoms with Crippen molar-refractivity contribution in [3.05, 3.63) is 22.0 Å². The Kier molecular flexibility index (Phi) is 7.86. The molecule has 3 heterocycles. The monoisotopic (exact) mass is 524 g/mol. The van der Waals surface area contributed by atoms with Crippen LogP contribution in [0.3, 0.4) is 0 Å². The van der Waals surface area contributed by atoms with E-state index >= 15 is 0 Å². The quantitative estimate of drug-likeness (QED) is 0.306. The van der Waals surface area contributed by atoms with E-state index in [9.17, 15) is 9.90 Å². The van der Waals surface area contributed by atoms with Gasteiger partial charge in [-0.1, -0.05) is 20.4 Å². The van der Waals surface area contributed by atoms with Crippen molar-refractivity contribution in [2.45, 2.75) is 94.4 Å². The Labute approximate surface area is 186 Å². The molecule has 3 aliphatic heterocycles. The molecule has 158 valence electrons. The van der Waals surface area contributed by atoms with Crippen molar-refractivity contribution >= 4 is 40.0 Å². The fourth-order valence-corrected chi connectivity index (χ4v) is 5.46. The van der Waals surface area contributed by atoms with E-state index in [2.05, 4.69) is 43.0 Å². The molecule has 0 saturated carbocycles. The van der Waals surface area contributed by atoms with Crippen LogP contribution >= 0.6 is 34.2 Å². The maximum Gasteiger partial charge on any atom is 0.159 e. The van der Waals surface area contributed by atoms with Crippen molar-refractivity contribution in [3.63, 3.8) is 0 Å². The zero-order valence-electron chi connectivity index (χ0n) is 16.5. The molecule has 1 N–H and O–H groups in total. The number of allylic oxidation sites excluding steroid dienone is 2. The average Bonchev–Trinajstić information content (AvgIpc) is 2.96. The summed E-state index contributed by atoms with van der Waals surface area (Å²) in [4.78, 5) is 12.3. The summed E-state index contributed by atoms with van der Waals surface area (Å²) in [6.07, 6.45) is 4.43. The van der Waals surface area contributed by atoms with E-state index in [4.69, 9.17) is 25.8 Å². The van der Waals surface area contributed by atoms with E-state index < -0.39 is 12.2 Å². The van der Waals surface area contributed by atoms with Gasteiger partial charge < -0.3 is 19.3 Å². The summed E-state index contributed by atoms with van der Waals surface area (Å²) in [5.41, 5.74) is 0.